The predicted octanol–water partition coefficient (Wildman–Crippen LogP) is 3.17. The average molecular weight is 284 g/mol. The van der Waals surface area contributed by atoms with E-state index in [1.807, 2.05) is 32.0 Å². The maximum Gasteiger partial charge on any atom is 0.275 e. The summed E-state index contributed by atoms with van der Waals surface area (Å²) in [5.41, 5.74) is 3.39. The predicted molar refractivity (Wildman–Crippen MR) is 84.7 cm³/mol. The number of carbonyl (C=O) groups is 1. The highest BCUT2D eigenvalue weighted by molar-refractivity contribution is 6.02. The van der Waals surface area contributed by atoms with Crippen LogP contribution in [0.15, 0.2) is 30.6 Å². The molecule has 2 N–H and O–H groups in total. The summed E-state index contributed by atoms with van der Waals surface area (Å²) in [5.74, 6) is 0.423. The van der Waals surface area contributed by atoms with E-state index in [2.05, 4.69) is 27.5 Å². The molecular weight excluding hydrogens is 264 g/mol. The number of hydrogen-bond acceptors (Lipinski definition) is 4. The summed E-state index contributed by atoms with van der Waals surface area (Å²) >= 11 is 0. The van der Waals surface area contributed by atoms with Gasteiger partial charge in [-0.25, -0.2) is 9.97 Å². The number of rotatable bonds is 5. The number of aromatic nitrogens is 2. The largest absolute Gasteiger partial charge is 0.369 e. The molecule has 5 nitrogen and oxygen atoms in total. The van der Waals surface area contributed by atoms with Crippen molar-refractivity contribution in [3.05, 3.63) is 47.4 Å². The first-order valence-corrected chi connectivity index (χ1v) is 7.04. The van der Waals surface area contributed by atoms with Crippen LogP contribution in [-0.4, -0.2) is 22.4 Å². The van der Waals surface area contributed by atoms with Crippen LogP contribution in [0.25, 0.3) is 0 Å². The van der Waals surface area contributed by atoms with Crippen LogP contribution in [0.4, 0.5) is 11.5 Å². The van der Waals surface area contributed by atoms with Gasteiger partial charge in [0.15, 0.2) is 0 Å². The van der Waals surface area contributed by atoms with Gasteiger partial charge in [-0.05, 0) is 43.5 Å². The first-order valence-electron chi connectivity index (χ1n) is 7.04. The summed E-state index contributed by atoms with van der Waals surface area (Å²) in [6.45, 7) is 6.96. The Hall–Kier alpha value is -2.43. The van der Waals surface area contributed by atoms with Crippen LogP contribution in [0.3, 0.4) is 0 Å². The van der Waals surface area contributed by atoms with Gasteiger partial charge in [0.25, 0.3) is 5.91 Å². The summed E-state index contributed by atoms with van der Waals surface area (Å²) in [6, 6.07) is 5.80. The quantitative estimate of drug-likeness (QED) is 0.885. The molecular formula is C16H20N4O. The van der Waals surface area contributed by atoms with Crippen molar-refractivity contribution in [1.29, 1.82) is 0 Å². The van der Waals surface area contributed by atoms with Gasteiger partial charge in [-0.15, -0.1) is 0 Å². The molecule has 0 fully saturated rings. The molecule has 1 amide bonds. The van der Waals surface area contributed by atoms with E-state index in [-0.39, 0.29) is 5.91 Å². The van der Waals surface area contributed by atoms with Crippen LogP contribution in [0.5, 0.6) is 0 Å². The van der Waals surface area contributed by atoms with Crippen LogP contribution in [0.1, 0.15) is 35.0 Å². The van der Waals surface area contributed by atoms with Crippen LogP contribution in [0.2, 0.25) is 0 Å². The topological polar surface area (TPSA) is 66.9 Å². The maximum atomic E-state index is 12.1. The van der Waals surface area contributed by atoms with Gasteiger partial charge in [-0.1, -0.05) is 13.0 Å². The van der Waals surface area contributed by atoms with Gasteiger partial charge in [-0.3, -0.25) is 4.79 Å². The van der Waals surface area contributed by atoms with Crippen LogP contribution >= 0.6 is 0 Å². The van der Waals surface area contributed by atoms with Crippen LogP contribution < -0.4 is 10.6 Å². The van der Waals surface area contributed by atoms with Crippen molar-refractivity contribution in [2.45, 2.75) is 27.2 Å². The normalized spacial score (nSPS) is 10.2. The highest BCUT2D eigenvalue weighted by Crippen LogP contribution is 2.15. The highest BCUT2D eigenvalue weighted by Gasteiger charge is 2.08. The molecule has 0 aliphatic rings. The van der Waals surface area contributed by atoms with Gasteiger partial charge in [0.2, 0.25) is 0 Å². The van der Waals surface area contributed by atoms with Crippen molar-refractivity contribution in [3.63, 3.8) is 0 Å². The molecule has 0 aliphatic heterocycles. The second-order valence-corrected chi connectivity index (χ2v) is 4.97. The fourth-order valence-corrected chi connectivity index (χ4v) is 1.80. The molecule has 0 radical (unpaired) electrons. The number of benzene rings is 1. The molecule has 0 unspecified atom stereocenters. The lowest BCUT2D eigenvalue weighted by atomic mass is 10.1. The molecule has 0 atom stereocenters. The number of anilines is 2. The standard InChI is InChI=1S/C16H20N4O/c1-4-7-17-15-10-18-14(9-19-15)16(21)20-13-6-5-11(2)12(3)8-13/h5-6,8-10H,4,7H2,1-3H3,(H,17,19)(H,20,21). The third-order valence-corrected chi connectivity index (χ3v) is 3.21. The van der Waals surface area contributed by atoms with Crippen molar-refractivity contribution >= 4 is 17.4 Å². The highest BCUT2D eigenvalue weighted by atomic mass is 16.1. The zero-order valence-electron chi connectivity index (χ0n) is 12.6. The first kappa shape index (κ1) is 15.0. The maximum absolute atomic E-state index is 12.1. The van der Waals surface area contributed by atoms with E-state index >= 15 is 0 Å². The Bertz CT molecular complexity index is 623. The lowest BCUT2D eigenvalue weighted by molar-refractivity contribution is 0.102. The van der Waals surface area contributed by atoms with Gasteiger partial charge in [0.1, 0.15) is 11.5 Å². The molecule has 0 saturated carbocycles. The zero-order chi connectivity index (χ0) is 15.2. The van der Waals surface area contributed by atoms with Crippen molar-refractivity contribution in [3.8, 4) is 0 Å². The van der Waals surface area contributed by atoms with E-state index in [4.69, 9.17) is 0 Å². The molecule has 1 aromatic carbocycles. The summed E-state index contributed by atoms with van der Waals surface area (Å²) < 4.78 is 0. The summed E-state index contributed by atoms with van der Waals surface area (Å²) in [4.78, 5) is 20.4. The van der Waals surface area contributed by atoms with Gasteiger partial charge in [0.05, 0.1) is 12.4 Å². The minimum atomic E-state index is -0.257. The zero-order valence-corrected chi connectivity index (χ0v) is 12.6. The minimum Gasteiger partial charge on any atom is -0.369 e. The fourth-order valence-electron chi connectivity index (χ4n) is 1.80. The lowest BCUT2D eigenvalue weighted by Crippen LogP contribution is -2.14. The van der Waals surface area contributed by atoms with E-state index in [9.17, 15) is 4.79 Å². The molecule has 0 spiro atoms. The first-order chi connectivity index (χ1) is 10.1. The fraction of sp³-hybridized carbons (Fsp3) is 0.312. The second-order valence-electron chi connectivity index (χ2n) is 4.97. The monoisotopic (exact) mass is 284 g/mol. The SMILES string of the molecule is CCCNc1cnc(C(=O)Nc2ccc(C)c(C)c2)cn1. The van der Waals surface area contributed by atoms with Crippen molar-refractivity contribution < 1.29 is 4.79 Å². The molecule has 0 bridgehead atoms. The number of hydrogen-bond donors (Lipinski definition) is 2. The summed E-state index contributed by atoms with van der Waals surface area (Å²) in [7, 11) is 0. The Labute approximate surface area is 124 Å². The molecule has 0 saturated heterocycles. The van der Waals surface area contributed by atoms with Crippen molar-refractivity contribution in [1.82, 2.24) is 9.97 Å². The molecule has 5 heteroatoms. The number of nitrogens with one attached hydrogen (secondary N) is 2. The number of aryl methyl sites for hydroxylation is 2. The van der Waals surface area contributed by atoms with Gasteiger partial charge >= 0.3 is 0 Å². The Morgan fingerprint density at radius 2 is 1.95 bits per heavy atom. The van der Waals surface area contributed by atoms with E-state index in [0.29, 0.717) is 11.5 Å². The van der Waals surface area contributed by atoms with E-state index < -0.39 is 0 Å². The Morgan fingerprint density at radius 3 is 2.57 bits per heavy atom. The third-order valence-electron chi connectivity index (χ3n) is 3.21. The van der Waals surface area contributed by atoms with Crippen LogP contribution in [0, 0.1) is 13.8 Å². The third kappa shape index (κ3) is 4.02. The van der Waals surface area contributed by atoms with E-state index in [0.717, 1.165) is 24.2 Å². The summed E-state index contributed by atoms with van der Waals surface area (Å²) in [6.07, 6.45) is 4.07. The molecule has 21 heavy (non-hydrogen) atoms. The Kier molecular flexibility index (Phi) is 4.87. The van der Waals surface area contributed by atoms with E-state index in [1.165, 1.54) is 11.8 Å². The molecule has 110 valence electrons. The molecule has 2 aromatic rings. The molecule has 2 rings (SSSR count). The Balaban J connectivity index is 2.04. The van der Waals surface area contributed by atoms with Crippen molar-refractivity contribution in [2.24, 2.45) is 0 Å². The summed E-state index contributed by atoms with van der Waals surface area (Å²) in [5, 5.41) is 5.95. The van der Waals surface area contributed by atoms with Gasteiger partial charge < -0.3 is 10.6 Å². The number of amides is 1. The van der Waals surface area contributed by atoms with Crippen molar-refractivity contribution in [2.75, 3.05) is 17.2 Å². The number of carbonyl (C=O) groups excluding carboxylic acids is 1. The molecule has 1 heterocycles. The van der Waals surface area contributed by atoms with Crippen LogP contribution in [-0.2, 0) is 0 Å². The number of nitrogens with zero attached hydrogens (tertiary/aromatic N) is 2. The smallest absolute Gasteiger partial charge is 0.275 e. The average Bonchev–Trinajstić information content (AvgIpc) is 2.49. The van der Waals surface area contributed by atoms with Gasteiger partial charge in [-0.2, -0.15) is 0 Å². The minimum absolute atomic E-state index is 0.257. The molecule has 0 aliphatic carbocycles. The second kappa shape index (κ2) is 6.83. The Morgan fingerprint density at radius 1 is 1.14 bits per heavy atom. The lowest BCUT2D eigenvalue weighted by Gasteiger charge is -2.08. The van der Waals surface area contributed by atoms with E-state index in [1.54, 1.807) is 6.20 Å². The molecule has 1 aromatic heterocycles. The van der Waals surface area contributed by atoms with Gasteiger partial charge in [0, 0.05) is 12.2 Å².